The first-order valence-electron chi connectivity index (χ1n) is 8.87. The highest BCUT2D eigenvalue weighted by atomic mass is 32.1. The largest absolute Gasteiger partial charge is 0.336 e. The van der Waals surface area contributed by atoms with Crippen LogP contribution in [0.2, 0.25) is 0 Å². The molecule has 136 valence electrons. The molecule has 1 aliphatic heterocycles. The first-order valence-corrected chi connectivity index (χ1v) is 9.69. The van der Waals surface area contributed by atoms with Crippen LogP contribution in [0.3, 0.4) is 0 Å². The van der Waals surface area contributed by atoms with Gasteiger partial charge in [-0.25, -0.2) is 4.98 Å². The van der Waals surface area contributed by atoms with E-state index >= 15 is 0 Å². The smallest absolute Gasteiger partial charge is 0.253 e. The van der Waals surface area contributed by atoms with Gasteiger partial charge in [-0.15, -0.1) is 11.3 Å². The van der Waals surface area contributed by atoms with Gasteiger partial charge < -0.3 is 9.80 Å². The summed E-state index contributed by atoms with van der Waals surface area (Å²) in [5.74, 6) is -0.0196. The maximum absolute atomic E-state index is 12.5. The van der Waals surface area contributed by atoms with Crippen LogP contribution >= 0.6 is 11.3 Å². The third-order valence-corrected chi connectivity index (χ3v) is 5.58. The molecule has 1 fully saturated rings. The normalized spacial score (nSPS) is 14.8. The number of benzene rings is 2. The Morgan fingerprint density at radius 2 is 1.56 bits per heavy atom. The molecule has 0 atom stereocenters. The summed E-state index contributed by atoms with van der Waals surface area (Å²) < 4.78 is 1.11. The average molecular weight is 377 g/mol. The van der Waals surface area contributed by atoms with E-state index in [1.54, 1.807) is 33.3 Å². The molecule has 0 radical (unpaired) electrons. The van der Waals surface area contributed by atoms with Crippen molar-refractivity contribution in [3.8, 4) is 0 Å². The zero-order valence-electron chi connectivity index (χ0n) is 14.7. The fourth-order valence-electron chi connectivity index (χ4n) is 3.10. The maximum atomic E-state index is 12.5. The molecule has 3 aromatic rings. The SMILES string of the molecule is O=C(/C=C/c1nc2ccccc2s1)N1CCN(C(=O)c2ccccc2)CC1. The van der Waals surface area contributed by atoms with Crippen LogP contribution in [0.1, 0.15) is 15.4 Å². The van der Waals surface area contributed by atoms with Crippen molar-refractivity contribution < 1.29 is 9.59 Å². The van der Waals surface area contributed by atoms with Crippen molar-refractivity contribution in [3.05, 3.63) is 71.2 Å². The highest BCUT2D eigenvalue weighted by Crippen LogP contribution is 2.22. The van der Waals surface area contributed by atoms with Gasteiger partial charge in [0.1, 0.15) is 5.01 Å². The second kappa shape index (κ2) is 7.72. The molecular weight excluding hydrogens is 358 g/mol. The summed E-state index contributed by atoms with van der Waals surface area (Å²) in [5.41, 5.74) is 1.63. The first-order chi connectivity index (χ1) is 13.2. The minimum Gasteiger partial charge on any atom is -0.336 e. The van der Waals surface area contributed by atoms with Crippen molar-refractivity contribution in [2.75, 3.05) is 26.2 Å². The molecule has 1 aliphatic rings. The van der Waals surface area contributed by atoms with Crippen LogP contribution in [0.4, 0.5) is 0 Å². The van der Waals surface area contributed by atoms with Gasteiger partial charge in [0.15, 0.2) is 0 Å². The van der Waals surface area contributed by atoms with Gasteiger partial charge in [0.05, 0.1) is 10.2 Å². The number of amides is 2. The Kier molecular flexibility index (Phi) is 4.98. The van der Waals surface area contributed by atoms with Gasteiger partial charge in [-0.05, 0) is 30.3 Å². The number of carbonyl (C=O) groups excluding carboxylic acids is 2. The molecule has 1 aromatic heterocycles. The predicted molar refractivity (Wildman–Crippen MR) is 108 cm³/mol. The Morgan fingerprint density at radius 1 is 0.889 bits per heavy atom. The Balaban J connectivity index is 1.35. The number of nitrogens with zero attached hydrogens (tertiary/aromatic N) is 3. The van der Waals surface area contributed by atoms with E-state index in [2.05, 4.69) is 4.98 Å². The van der Waals surface area contributed by atoms with Crippen molar-refractivity contribution in [2.24, 2.45) is 0 Å². The monoisotopic (exact) mass is 377 g/mol. The molecule has 0 aliphatic carbocycles. The topological polar surface area (TPSA) is 53.5 Å². The number of aromatic nitrogens is 1. The number of fused-ring (bicyclic) bond motifs is 1. The van der Waals surface area contributed by atoms with E-state index in [1.165, 1.54) is 0 Å². The van der Waals surface area contributed by atoms with E-state index in [0.717, 1.165) is 15.2 Å². The number of para-hydroxylation sites is 1. The molecule has 1 saturated heterocycles. The lowest BCUT2D eigenvalue weighted by atomic mass is 10.2. The number of thiazole rings is 1. The summed E-state index contributed by atoms with van der Waals surface area (Å²) in [6.07, 6.45) is 3.35. The van der Waals surface area contributed by atoms with E-state index in [-0.39, 0.29) is 11.8 Å². The minimum absolute atomic E-state index is 0.0210. The van der Waals surface area contributed by atoms with Gasteiger partial charge in [-0.1, -0.05) is 30.3 Å². The third kappa shape index (κ3) is 3.90. The zero-order chi connectivity index (χ0) is 18.6. The summed E-state index contributed by atoms with van der Waals surface area (Å²) in [6.45, 7) is 2.19. The lowest BCUT2D eigenvalue weighted by Crippen LogP contribution is -2.50. The molecule has 6 heteroatoms. The number of hydrogen-bond acceptors (Lipinski definition) is 4. The molecule has 2 aromatic carbocycles. The highest BCUT2D eigenvalue weighted by Gasteiger charge is 2.23. The van der Waals surface area contributed by atoms with Crippen LogP contribution in [0, 0.1) is 0 Å². The molecule has 0 spiro atoms. The quantitative estimate of drug-likeness (QED) is 0.658. The van der Waals surface area contributed by atoms with Gasteiger partial charge >= 0.3 is 0 Å². The second-order valence-corrected chi connectivity index (χ2v) is 7.40. The fraction of sp³-hybridized carbons (Fsp3) is 0.190. The van der Waals surface area contributed by atoms with Crippen molar-refractivity contribution in [1.29, 1.82) is 0 Å². The van der Waals surface area contributed by atoms with Crippen molar-refractivity contribution >= 4 is 39.4 Å². The molecule has 2 heterocycles. The summed E-state index contributed by atoms with van der Waals surface area (Å²) in [6, 6.07) is 17.2. The Labute approximate surface area is 161 Å². The van der Waals surface area contributed by atoms with Gasteiger partial charge in [0.2, 0.25) is 5.91 Å². The van der Waals surface area contributed by atoms with Crippen molar-refractivity contribution in [3.63, 3.8) is 0 Å². The van der Waals surface area contributed by atoms with E-state index in [4.69, 9.17) is 0 Å². The molecular formula is C21H19N3O2S. The Hall–Kier alpha value is -2.99. The Bertz CT molecular complexity index is 956. The molecule has 27 heavy (non-hydrogen) atoms. The fourth-order valence-corrected chi connectivity index (χ4v) is 3.97. The van der Waals surface area contributed by atoms with E-state index in [9.17, 15) is 9.59 Å². The summed E-state index contributed by atoms with van der Waals surface area (Å²) in [4.78, 5) is 33.0. The zero-order valence-corrected chi connectivity index (χ0v) is 15.6. The molecule has 0 N–H and O–H groups in total. The Morgan fingerprint density at radius 3 is 2.30 bits per heavy atom. The van der Waals surface area contributed by atoms with Gasteiger partial charge in [-0.2, -0.15) is 0 Å². The van der Waals surface area contributed by atoms with Crippen LogP contribution in [-0.4, -0.2) is 52.8 Å². The van der Waals surface area contributed by atoms with Crippen LogP contribution in [0.15, 0.2) is 60.7 Å². The number of hydrogen-bond donors (Lipinski definition) is 0. The second-order valence-electron chi connectivity index (χ2n) is 6.34. The summed E-state index contributed by atoms with van der Waals surface area (Å²) in [7, 11) is 0. The lowest BCUT2D eigenvalue weighted by Gasteiger charge is -2.34. The van der Waals surface area contributed by atoms with Gasteiger partial charge in [-0.3, -0.25) is 9.59 Å². The minimum atomic E-state index is -0.0407. The standard InChI is InChI=1S/C21H19N3O2S/c25-20(11-10-19-22-17-8-4-5-9-18(17)27-19)23-12-14-24(15-13-23)21(26)16-6-2-1-3-7-16/h1-11H,12-15H2/b11-10+. The maximum Gasteiger partial charge on any atom is 0.253 e. The highest BCUT2D eigenvalue weighted by molar-refractivity contribution is 7.19. The van der Waals surface area contributed by atoms with Crippen LogP contribution in [0.25, 0.3) is 16.3 Å². The van der Waals surface area contributed by atoms with Crippen LogP contribution < -0.4 is 0 Å². The van der Waals surface area contributed by atoms with Gasteiger partial charge in [0, 0.05) is 37.8 Å². The molecule has 0 bridgehead atoms. The number of carbonyl (C=O) groups is 2. The van der Waals surface area contributed by atoms with Crippen LogP contribution in [0.5, 0.6) is 0 Å². The van der Waals surface area contributed by atoms with E-state index in [0.29, 0.717) is 31.7 Å². The van der Waals surface area contributed by atoms with Crippen molar-refractivity contribution in [2.45, 2.75) is 0 Å². The van der Waals surface area contributed by atoms with Crippen LogP contribution in [-0.2, 0) is 4.79 Å². The van der Waals surface area contributed by atoms with Crippen molar-refractivity contribution in [1.82, 2.24) is 14.8 Å². The van der Waals surface area contributed by atoms with Gasteiger partial charge in [0.25, 0.3) is 5.91 Å². The summed E-state index contributed by atoms with van der Waals surface area (Å²) >= 11 is 1.57. The first kappa shape index (κ1) is 17.4. The average Bonchev–Trinajstić information content (AvgIpc) is 3.15. The molecule has 2 amide bonds. The lowest BCUT2D eigenvalue weighted by molar-refractivity contribution is -0.127. The summed E-state index contributed by atoms with van der Waals surface area (Å²) in [5, 5.41) is 0.822. The number of piperazine rings is 1. The number of rotatable bonds is 3. The molecule has 4 rings (SSSR count). The van der Waals surface area contributed by atoms with E-state index in [1.807, 2.05) is 54.6 Å². The predicted octanol–water partition coefficient (Wildman–Crippen LogP) is 3.29. The third-order valence-electron chi connectivity index (χ3n) is 4.58. The molecule has 0 saturated carbocycles. The molecule has 0 unspecified atom stereocenters. The molecule has 5 nitrogen and oxygen atoms in total. The van der Waals surface area contributed by atoms with E-state index < -0.39 is 0 Å².